The molecule has 0 aliphatic heterocycles. The Balaban J connectivity index is 0.928. The number of nitrogens with one attached hydrogen (secondary N) is 1. The van der Waals surface area contributed by atoms with Crippen LogP contribution in [-0.2, 0) is 0 Å². The van der Waals surface area contributed by atoms with Gasteiger partial charge in [-0.05, 0) is 145 Å². The van der Waals surface area contributed by atoms with Gasteiger partial charge in [0.2, 0.25) is 0 Å². The highest BCUT2D eigenvalue weighted by atomic mass is 15.2. The van der Waals surface area contributed by atoms with Crippen molar-refractivity contribution in [3.63, 3.8) is 0 Å². The molecule has 4 heteroatoms. The van der Waals surface area contributed by atoms with E-state index in [4.69, 9.17) is 0 Å². The van der Waals surface area contributed by atoms with E-state index in [0.29, 0.717) is 0 Å². The number of rotatable bonds is 12. The van der Waals surface area contributed by atoms with E-state index in [1.807, 2.05) is 12.1 Å². The highest BCUT2D eigenvalue weighted by molar-refractivity contribution is 5.82. The first kappa shape index (κ1) is 35.9. The van der Waals surface area contributed by atoms with Crippen LogP contribution in [0.4, 0.5) is 62.6 Å². The summed E-state index contributed by atoms with van der Waals surface area (Å²) in [5, 5.41) is 3.59. The van der Waals surface area contributed by atoms with Gasteiger partial charge in [0.25, 0.3) is 0 Å². The first-order valence-electron chi connectivity index (χ1n) is 19.6. The van der Waals surface area contributed by atoms with Crippen molar-refractivity contribution in [2.75, 3.05) is 20.0 Å². The fraction of sp³-hybridized carbons (Fsp3) is 0. The second-order valence-electron chi connectivity index (χ2n) is 14.0. The molecule has 0 spiro atoms. The summed E-state index contributed by atoms with van der Waals surface area (Å²) < 4.78 is 0. The molecule has 58 heavy (non-hydrogen) atoms. The number of hydrogen-bond donors (Lipinski definition) is 1. The Bertz CT molecular complexity index is 2560. The van der Waals surface area contributed by atoms with Gasteiger partial charge in [-0.2, -0.15) is 0 Å². The minimum Gasteiger partial charge on any atom is -0.356 e. The standard InChI is InChI=1S/C54H42N4/c1-6-16-46(17-7-1)56(47-18-8-2-9-19-47)52-36-32-45(33-37-52)55-44-30-26-42(27-31-44)43-28-34-51(35-29-43)58(50-24-14-5-15-25-50)54-40-38-53(39-41-54)57(48-20-10-3-11-21-48)49-22-12-4-13-23-49/h1-41,55H. The molecule has 9 aromatic carbocycles. The van der Waals surface area contributed by atoms with Crippen molar-refractivity contribution in [2.45, 2.75) is 0 Å². The lowest BCUT2D eigenvalue weighted by molar-refractivity contribution is 1.26. The molecule has 0 fully saturated rings. The summed E-state index contributed by atoms with van der Waals surface area (Å²) in [5.74, 6) is 0. The third kappa shape index (κ3) is 7.95. The van der Waals surface area contributed by atoms with Crippen LogP contribution in [-0.4, -0.2) is 0 Å². The molecular formula is C54H42N4. The molecule has 0 bridgehead atoms. The zero-order valence-corrected chi connectivity index (χ0v) is 32.0. The Hall–Kier alpha value is -7.82. The predicted octanol–water partition coefficient (Wildman–Crippen LogP) is 15.5. The van der Waals surface area contributed by atoms with Crippen molar-refractivity contribution in [1.82, 2.24) is 0 Å². The Labute approximate surface area is 341 Å². The van der Waals surface area contributed by atoms with Crippen molar-refractivity contribution in [3.8, 4) is 11.1 Å². The van der Waals surface area contributed by atoms with Crippen molar-refractivity contribution in [3.05, 3.63) is 249 Å². The first-order valence-corrected chi connectivity index (χ1v) is 19.6. The second-order valence-corrected chi connectivity index (χ2v) is 14.0. The van der Waals surface area contributed by atoms with E-state index in [1.54, 1.807) is 0 Å². The molecule has 278 valence electrons. The van der Waals surface area contributed by atoms with Crippen LogP contribution in [0, 0.1) is 0 Å². The Kier molecular flexibility index (Phi) is 10.5. The van der Waals surface area contributed by atoms with Crippen molar-refractivity contribution >= 4 is 62.6 Å². The van der Waals surface area contributed by atoms with E-state index in [0.717, 1.165) is 73.7 Å². The SMILES string of the molecule is c1ccc(N(c2ccccc2)c2ccc(Nc3ccc(-c4ccc(N(c5ccccc5)c5ccc(N(c6ccccc6)c6ccccc6)cc5)cc4)cc3)cc2)cc1. The highest BCUT2D eigenvalue weighted by Crippen LogP contribution is 2.40. The topological polar surface area (TPSA) is 21.8 Å². The van der Waals surface area contributed by atoms with Gasteiger partial charge in [0.05, 0.1) is 0 Å². The van der Waals surface area contributed by atoms with Crippen molar-refractivity contribution in [1.29, 1.82) is 0 Å². The van der Waals surface area contributed by atoms with E-state index in [2.05, 4.69) is 257 Å². The van der Waals surface area contributed by atoms with Crippen LogP contribution in [0.1, 0.15) is 0 Å². The minimum atomic E-state index is 1.03. The molecule has 9 aromatic rings. The predicted molar refractivity (Wildman–Crippen MR) is 246 cm³/mol. The summed E-state index contributed by atoms with van der Waals surface area (Å²) in [5.41, 5.74) is 14.3. The monoisotopic (exact) mass is 746 g/mol. The van der Waals surface area contributed by atoms with Crippen molar-refractivity contribution < 1.29 is 0 Å². The lowest BCUT2D eigenvalue weighted by Gasteiger charge is -2.28. The molecule has 1 N–H and O–H groups in total. The Morgan fingerprint density at radius 2 is 0.379 bits per heavy atom. The Morgan fingerprint density at radius 3 is 0.655 bits per heavy atom. The fourth-order valence-electron chi connectivity index (χ4n) is 7.39. The van der Waals surface area contributed by atoms with E-state index < -0.39 is 0 Å². The summed E-state index contributed by atoms with van der Waals surface area (Å²) in [6, 6.07) is 87.4. The minimum absolute atomic E-state index is 1.03. The molecular weight excluding hydrogens is 705 g/mol. The Morgan fingerprint density at radius 1 is 0.190 bits per heavy atom. The van der Waals surface area contributed by atoms with Gasteiger partial charge in [0, 0.05) is 62.6 Å². The molecule has 9 rings (SSSR count). The lowest BCUT2D eigenvalue weighted by atomic mass is 10.0. The van der Waals surface area contributed by atoms with Crippen LogP contribution in [0.2, 0.25) is 0 Å². The fourth-order valence-corrected chi connectivity index (χ4v) is 7.39. The first-order chi connectivity index (χ1) is 28.8. The maximum absolute atomic E-state index is 3.59. The van der Waals surface area contributed by atoms with Gasteiger partial charge in [-0.1, -0.05) is 115 Å². The van der Waals surface area contributed by atoms with Crippen LogP contribution in [0.15, 0.2) is 249 Å². The summed E-state index contributed by atoms with van der Waals surface area (Å²) >= 11 is 0. The van der Waals surface area contributed by atoms with Gasteiger partial charge >= 0.3 is 0 Å². The molecule has 0 aliphatic rings. The van der Waals surface area contributed by atoms with Gasteiger partial charge < -0.3 is 20.0 Å². The number of nitrogens with zero attached hydrogens (tertiary/aromatic N) is 3. The number of para-hydroxylation sites is 5. The molecule has 0 heterocycles. The quantitative estimate of drug-likeness (QED) is 0.134. The number of benzene rings is 9. The van der Waals surface area contributed by atoms with Gasteiger partial charge in [0.15, 0.2) is 0 Å². The van der Waals surface area contributed by atoms with Crippen LogP contribution in [0.3, 0.4) is 0 Å². The van der Waals surface area contributed by atoms with Crippen LogP contribution in [0.25, 0.3) is 11.1 Å². The van der Waals surface area contributed by atoms with Gasteiger partial charge in [-0.25, -0.2) is 0 Å². The van der Waals surface area contributed by atoms with Gasteiger partial charge in [0.1, 0.15) is 0 Å². The zero-order chi connectivity index (χ0) is 38.9. The molecule has 0 radical (unpaired) electrons. The third-order valence-electron chi connectivity index (χ3n) is 10.2. The van der Waals surface area contributed by atoms with Gasteiger partial charge in [-0.15, -0.1) is 0 Å². The van der Waals surface area contributed by atoms with Crippen molar-refractivity contribution in [2.24, 2.45) is 0 Å². The van der Waals surface area contributed by atoms with Crippen LogP contribution >= 0.6 is 0 Å². The molecule has 0 aliphatic carbocycles. The van der Waals surface area contributed by atoms with E-state index in [9.17, 15) is 0 Å². The molecule has 0 saturated heterocycles. The summed E-state index contributed by atoms with van der Waals surface area (Å²) in [6.07, 6.45) is 0. The van der Waals surface area contributed by atoms with Gasteiger partial charge in [-0.3, -0.25) is 0 Å². The summed E-state index contributed by atoms with van der Waals surface area (Å²) in [7, 11) is 0. The van der Waals surface area contributed by atoms with E-state index in [1.165, 1.54) is 0 Å². The molecule has 0 atom stereocenters. The summed E-state index contributed by atoms with van der Waals surface area (Å²) in [4.78, 5) is 6.86. The molecule has 0 aromatic heterocycles. The molecule has 0 saturated carbocycles. The number of hydrogen-bond acceptors (Lipinski definition) is 4. The summed E-state index contributed by atoms with van der Waals surface area (Å²) in [6.45, 7) is 0. The maximum atomic E-state index is 3.59. The number of anilines is 11. The average Bonchev–Trinajstić information content (AvgIpc) is 3.30. The smallest absolute Gasteiger partial charge is 0.0463 e. The largest absolute Gasteiger partial charge is 0.356 e. The van der Waals surface area contributed by atoms with E-state index >= 15 is 0 Å². The lowest BCUT2D eigenvalue weighted by Crippen LogP contribution is -2.12. The maximum Gasteiger partial charge on any atom is 0.0463 e. The molecule has 4 nitrogen and oxygen atoms in total. The highest BCUT2D eigenvalue weighted by Gasteiger charge is 2.16. The molecule has 0 unspecified atom stereocenters. The zero-order valence-electron chi connectivity index (χ0n) is 32.0. The van der Waals surface area contributed by atoms with Crippen LogP contribution < -0.4 is 20.0 Å². The van der Waals surface area contributed by atoms with E-state index in [-0.39, 0.29) is 0 Å². The van der Waals surface area contributed by atoms with Crippen LogP contribution in [0.5, 0.6) is 0 Å². The second kappa shape index (κ2) is 16.9. The normalized spacial score (nSPS) is 10.8. The average molecular weight is 747 g/mol. The molecule has 0 amide bonds. The third-order valence-corrected chi connectivity index (χ3v) is 10.2.